The van der Waals surface area contributed by atoms with Crippen LogP contribution in [0.4, 0.5) is 4.79 Å². The van der Waals surface area contributed by atoms with Crippen LogP contribution in [0.25, 0.3) is 0 Å². The van der Waals surface area contributed by atoms with Gasteiger partial charge in [-0.15, -0.1) is 0 Å². The molecule has 0 aromatic heterocycles. The van der Waals surface area contributed by atoms with Gasteiger partial charge in [0.1, 0.15) is 0 Å². The van der Waals surface area contributed by atoms with Gasteiger partial charge in [-0.25, -0.2) is 22.7 Å². The Hall–Kier alpha value is -2.09. The monoisotopic (exact) mass is 354 g/mol. The molecule has 132 valence electrons. The predicted molar refractivity (Wildman–Crippen MR) is 88.4 cm³/mol. The Bertz CT molecular complexity index is 677. The number of sulfonamides is 1. The molecule has 24 heavy (non-hydrogen) atoms. The standard InChI is InChI=1S/C16H22N2O5S/c19-15(20)12-8-10-14(11-9-12)24(22,23)18-16(21)17-13-6-4-2-1-3-5-7-13/h8-11,13H,1-7H2,(H,19,20)(H2,17,18,21). The summed E-state index contributed by atoms with van der Waals surface area (Å²) in [7, 11) is -4.02. The van der Waals surface area contributed by atoms with Crippen LogP contribution >= 0.6 is 0 Å². The number of aromatic carboxylic acids is 1. The maximum Gasteiger partial charge on any atom is 0.335 e. The summed E-state index contributed by atoms with van der Waals surface area (Å²) in [5.74, 6) is -1.14. The fourth-order valence-electron chi connectivity index (χ4n) is 2.77. The SMILES string of the molecule is O=C(NC1CCCCCCC1)NS(=O)(=O)c1ccc(C(=O)O)cc1. The van der Waals surface area contributed by atoms with Gasteiger partial charge >= 0.3 is 12.0 Å². The minimum Gasteiger partial charge on any atom is -0.478 e. The van der Waals surface area contributed by atoms with Crippen LogP contribution in [0, 0.1) is 0 Å². The summed E-state index contributed by atoms with van der Waals surface area (Å²) >= 11 is 0. The molecule has 0 unspecified atom stereocenters. The van der Waals surface area contributed by atoms with Crippen molar-refractivity contribution in [2.45, 2.75) is 55.9 Å². The Kier molecular flexibility index (Phi) is 6.19. The second-order valence-corrected chi connectivity index (χ2v) is 7.63. The Morgan fingerprint density at radius 2 is 1.50 bits per heavy atom. The van der Waals surface area contributed by atoms with Gasteiger partial charge in [-0.2, -0.15) is 0 Å². The molecule has 0 saturated heterocycles. The number of hydrogen-bond acceptors (Lipinski definition) is 4. The van der Waals surface area contributed by atoms with Gasteiger partial charge in [-0.05, 0) is 37.1 Å². The van der Waals surface area contributed by atoms with E-state index in [-0.39, 0.29) is 16.5 Å². The molecule has 1 saturated carbocycles. The smallest absolute Gasteiger partial charge is 0.335 e. The molecule has 7 nitrogen and oxygen atoms in total. The first kappa shape index (κ1) is 18.3. The second-order valence-electron chi connectivity index (χ2n) is 5.95. The molecule has 0 bridgehead atoms. The van der Waals surface area contributed by atoms with Crippen LogP contribution in [0.5, 0.6) is 0 Å². The lowest BCUT2D eigenvalue weighted by molar-refractivity contribution is 0.0696. The highest BCUT2D eigenvalue weighted by molar-refractivity contribution is 7.90. The number of hydrogen-bond donors (Lipinski definition) is 3. The lowest BCUT2D eigenvalue weighted by Gasteiger charge is -2.21. The van der Waals surface area contributed by atoms with Crippen molar-refractivity contribution < 1.29 is 23.1 Å². The lowest BCUT2D eigenvalue weighted by atomic mass is 9.97. The van der Waals surface area contributed by atoms with Crippen LogP contribution in [0.2, 0.25) is 0 Å². The van der Waals surface area contributed by atoms with E-state index in [0.717, 1.165) is 50.7 Å². The van der Waals surface area contributed by atoms with E-state index in [1.807, 2.05) is 4.72 Å². The van der Waals surface area contributed by atoms with Gasteiger partial charge < -0.3 is 10.4 Å². The first-order chi connectivity index (χ1) is 11.4. The molecular formula is C16H22N2O5S. The third-order valence-corrected chi connectivity index (χ3v) is 5.43. The molecule has 8 heteroatoms. The quantitative estimate of drug-likeness (QED) is 0.769. The Morgan fingerprint density at radius 1 is 0.958 bits per heavy atom. The average molecular weight is 354 g/mol. The zero-order valence-electron chi connectivity index (χ0n) is 13.3. The van der Waals surface area contributed by atoms with Crippen molar-refractivity contribution in [3.05, 3.63) is 29.8 Å². The molecule has 0 radical (unpaired) electrons. The van der Waals surface area contributed by atoms with Gasteiger partial charge in [-0.1, -0.05) is 32.1 Å². The summed E-state index contributed by atoms with van der Waals surface area (Å²) in [4.78, 5) is 22.6. The fourth-order valence-corrected chi connectivity index (χ4v) is 3.69. The van der Waals surface area contributed by atoms with E-state index >= 15 is 0 Å². The lowest BCUT2D eigenvalue weighted by Crippen LogP contribution is -2.44. The van der Waals surface area contributed by atoms with E-state index in [2.05, 4.69) is 5.32 Å². The third kappa shape index (κ3) is 5.23. The molecule has 3 N–H and O–H groups in total. The zero-order chi connectivity index (χ0) is 17.6. The average Bonchev–Trinajstić information content (AvgIpc) is 2.49. The predicted octanol–water partition coefficient (Wildman–Crippen LogP) is 2.49. The van der Waals surface area contributed by atoms with Crippen LogP contribution in [-0.4, -0.2) is 31.6 Å². The van der Waals surface area contributed by atoms with Crippen LogP contribution in [0.15, 0.2) is 29.2 Å². The minimum absolute atomic E-state index is 0.0186. The van der Waals surface area contributed by atoms with Crippen LogP contribution in [-0.2, 0) is 10.0 Å². The first-order valence-corrected chi connectivity index (χ1v) is 9.53. The number of nitrogens with one attached hydrogen (secondary N) is 2. The molecular weight excluding hydrogens is 332 g/mol. The first-order valence-electron chi connectivity index (χ1n) is 8.05. The molecule has 2 rings (SSSR count). The van der Waals surface area contributed by atoms with Gasteiger partial charge in [0.15, 0.2) is 0 Å². The summed E-state index contributed by atoms with van der Waals surface area (Å²) in [6, 6.07) is 3.93. The number of rotatable bonds is 4. The summed E-state index contributed by atoms with van der Waals surface area (Å²) < 4.78 is 26.3. The molecule has 1 aliphatic carbocycles. The van der Waals surface area contributed by atoms with E-state index in [1.165, 1.54) is 18.6 Å². The van der Waals surface area contributed by atoms with E-state index in [9.17, 15) is 18.0 Å². The van der Waals surface area contributed by atoms with E-state index in [0.29, 0.717) is 0 Å². The number of carbonyl (C=O) groups is 2. The van der Waals surface area contributed by atoms with E-state index in [4.69, 9.17) is 5.11 Å². The maximum atomic E-state index is 12.2. The summed E-state index contributed by atoms with van der Waals surface area (Å²) in [5.41, 5.74) is -0.0204. The summed E-state index contributed by atoms with van der Waals surface area (Å²) in [6.07, 6.45) is 7.21. The van der Waals surface area contributed by atoms with Crippen molar-refractivity contribution in [3.8, 4) is 0 Å². The van der Waals surface area contributed by atoms with Gasteiger partial charge in [0.25, 0.3) is 10.0 Å². The summed E-state index contributed by atoms with van der Waals surface area (Å²) in [6.45, 7) is 0. The largest absolute Gasteiger partial charge is 0.478 e. The van der Waals surface area contributed by atoms with Crippen molar-refractivity contribution in [3.63, 3.8) is 0 Å². The molecule has 0 spiro atoms. The molecule has 1 aliphatic rings. The van der Waals surface area contributed by atoms with Crippen LogP contribution in [0.3, 0.4) is 0 Å². The third-order valence-electron chi connectivity index (χ3n) is 4.08. The van der Waals surface area contributed by atoms with E-state index < -0.39 is 22.0 Å². The van der Waals surface area contributed by atoms with Crippen LogP contribution < -0.4 is 10.0 Å². The van der Waals surface area contributed by atoms with Gasteiger partial charge in [0.05, 0.1) is 10.5 Å². The second kappa shape index (κ2) is 8.14. The molecule has 1 aromatic rings. The fraction of sp³-hybridized carbons (Fsp3) is 0.500. The maximum absolute atomic E-state index is 12.2. The van der Waals surface area contributed by atoms with Crippen LogP contribution in [0.1, 0.15) is 55.3 Å². The number of carboxylic acids is 1. The Morgan fingerprint density at radius 3 is 2.04 bits per heavy atom. The molecule has 0 heterocycles. The molecule has 0 atom stereocenters. The van der Waals surface area contributed by atoms with Gasteiger partial charge in [-0.3, -0.25) is 0 Å². The minimum atomic E-state index is -4.02. The molecule has 2 amide bonds. The van der Waals surface area contributed by atoms with Crippen molar-refractivity contribution in [2.24, 2.45) is 0 Å². The number of amides is 2. The van der Waals surface area contributed by atoms with Crippen molar-refractivity contribution >= 4 is 22.0 Å². The Balaban J connectivity index is 1.97. The highest BCUT2D eigenvalue weighted by Crippen LogP contribution is 2.17. The Labute approximate surface area is 141 Å². The number of urea groups is 1. The molecule has 1 fully saturated rings. The summed E-state index contributed by atoms with van der Waals surface area (Å²) in [5, 5.41) is 11.5. The molecule has 0 aliphatic heterocycles. The normalized spacial score (nSPS) is 16.7. The highest BCUT2D eigenvalue weighted by atomic mass is 32.2. The van der Waals surface area contributed by atoms with E-state index in [1.54, 1.807) is 0 Å². The van der Waals surface area contributed by atoms with Crippen molar-refractivity contribution in [1.82, 2.24) is 10.0 Å². The number of benzene rings is 1. The van der Waals surface area contributed by atoms with Gasteiger partial charge in [0.2, 0.25) is 0 Å². The topological polar surface area (TPSA) is 113 Å². The van der Waals surface area contributed by atoms with Gasteiger partial charge in [0, 0.05) is 6.04 Å². The zero-order valence-corrected chi connectivity index (χ0v) is 14.1. The highest BCUT2D eigenvalue weighted by Gasteiger charge is 2.20. The molecule has 1 aromatic carbocycles. The van der Waals surface area contributed by atoms with Crippen molar-refractivity contribution in [1.29, 1.82) is 0 Å². The number of carbonyl (C=O) groups excluding carboxylic acids is 1. The number of carboxylic acid groups (broad SMARTS) is 1. The van der Waals surface area contributed by atoms with Crippen molar-refractivity contribution in [2.75, 3.05) is 0 Å².